The Morgan fingerprint density at radius 1 is 1.43 bits per heavy atom. The van der Waals surface area contributed by atoms with E-state index in [4.69, 9.17) is 17.0 Å². The summed E-state index contributed by atoms with van der Waals surface area (Å²) < 4.78 is 10.3. The first-order valence-corrected chi connectivity index (χ1v) is 9.10. The van der Waals surface area contributed by atoms with Gasteiger partial charge in [-0.25, -0.2) is 4.68 Å². The molecule has 1 aliphatic rings. The predicted octanol–water partition coefficient (Wildman–Crippen LogP) is 2.55. The first-order chi connectivity index (χ1) is 11.1. The Balaban J connectivity index is 2.11. The predicted molar refractivity (Wildman–Crippen MR) is 92.7 cm³/mol. The van der Waals surface area contributed by atoms with E-state index in [0.29, 0.717) is 29.4 Å². The van der Waals surface area contributed by atoms with Gasteiger partial charge in [0.05, 0.1) is 12.8 Å². The minimum atomic E-state index is -0.0793. The fourth-order valence-electron chi connectivity index (χ4n) is 2.96. The van der Waals surface area contributed by atoms with Crippen LogP contribution in [0.5, 0.6) is 0 Å². The summed E-state index contributed by atoms with van der Waals surface area (Å²) in [4.78, 5) is 2.34. The lowest BCUT2D eigenvalue weighted by atomic mass is 10.1. The normalized spacial score (nSPS) is 19.0. The van der Waals surface area contributed by atoms with Gasteiger partial charge in [0.25, 0.3) is 0 Å². The fraction of sp³-hybridized carbons (Fsp3) is 0.875. The van der Waals surface area contributed by atoms with Crippen molar-refractivity contribution in [1.29, 1.82) is 0 Å². The molecular formula is C16H30N4O2S. The lowest BCUT2D eigenvalue weighted by molar-refractivity contribution is -0.0190. The van der Waals surface area contributed by atoms with Gasteiger partial charge in [0.15, 0.2) is 10.6 Å². The second-order valence-corrected chi connectivity index (χ2v) is 6.87. The average molecular weight is 343 g/mol. The lowest BCUT2D eigenvalue weighted by Crippen LogP contribution is -2.41. The largest absolute Gasteiger partial charge is 0.388 e. The minimum Gasteiger partial charge on any atom is -0.388 e. The number of aliphatic hydroxyl groups is 1. The molecule has 7 heteroatoms. The number of ether oxygens (including phenoxy) is 1. The van der Waals surface area contributed by atoms with Gasteiger partial charge in [0.2, 0.25) is 0 Å². The van der Waals surface area contributed by atoms with Crippen molar-refractivity contribution in [2.24, 2.45) is 0 Å². The molecule has 0 spiro atoms. The minimum absolute atomic E-state index is 0.0793. The molecule has 0 aliphatic carbocycles. The number of nitrogens with zero attached hydrogens (tertiary/aromatic N) is 4. The van der Waals surface area contributed by atoms with Gasteiger partial charge in [0.1, 0.15) is 6.61 Å². The molecule has 2 rings (SSSR count). The van der Waals surface area contributed by atoms with Crippen LogP contribution in [-0.2, 0) is 24.6 Å². The van der Waals surface area contributed by atoms with Gasteiger partial charge in [-0.05, 0) is 51.7 Å². The molecule has 0 radical (unpaired) electrons. The van der Waals surface area contributed by atoms with E-state index >= 15 is 0 Å². The van der Waals surface area contributed by atoms with Gasteiger partial charge in [0, 0.05) is 25.7 Å². The van der Waals surface area contributed by atoms with Gasteiger partial charge in [-0.1, -0.05) is 6.92 Å². The molecule has 1 fully saturated rings. The third kappa shape index (κ3) is 4.86. The summed E-state index contributed by atoms with van der Waals surface area (Å²) in [5.74, 6) is 0.648. The molecule has 1 N–H and O–H groups in total. The highest BCUT2D eigenvalue weighted by Gasteiger charge is 2.21. The van der Waals surface area contributed by atoms with E-state index in [-0.39, 0.29) is 6.61 Å². The first kappa shape index (κ1) is 18.6. The summed E-state index contributed by atoms with van der Waals surface area (Å²) in [5.41, 5.74) is 0. The molecule has 132 valence electrons. The molecule has 1 saturated heterocycles. The summed E-state index contributed by atoms with van der Waals surface area (Å²) in [5, 5.41) is 14.0. The third-order valence-corrected chi connectivity index (χ3v) is 4.78. The van der Waals surface area contributed by atoms with E-state index < -0.39 is 0 Å². The number of aromatic nitrogens is 3. The SMILES string of the molecule is CCCn1c(CO)nn(CN(CC2CCCCO2)C(C)C)c1=S. The highest BCUT2D eigenvalue weighted by Crippen LogP contribution is 2.16. The second kappa shape index (κ2) is 8.92. The standard InChI is InChI=1S/C16H30N4O2S/c1-4-8-19-15(11-21)17-20(16(19)23)12-18(13(2)3)10-14-7-5-6-9-22-14/h13-14,21H,4-12H2,1-3H3. The summed E-state index contributed by atoms with van der Waals surface area (Å²) in [6.07, 6.45) is 4.81. The van der Waals surface area contributed by atoms with Crippen LogP contribution in [0.25, 0.3) is 0 Å². The first-order valence-electron chi connectivity index (χ1n) is 8.69. The Hall–Kier alpha value is -0.760. The molecule has 1 aromatic heterocycles. The Bertz CT molecular complexity index is 535. The molecule has 6 nitrogen and oxygen atoms in total. The summed E-state index contributed by atoms with van der Waals surface area (Å²) in [6.45, 7) is 9.59. The molecule has 0 aromatic carbocycles. The molecule has 1 aliphatic heterocycles. The van der Waals surface area contributed by atoms with Gasteiger partial charge in [-0.15, -0.1) is 0 Å². The van der Waals surface area contributed by atoms with Crippen LogP contribution < -0.4 is 0 Å². The van der Waals surface area contributed by atoms with Crippen molar-refractivity contribution >= 4 is 12.2 Å². The summed E-state index contributed by atoms with van der Waals surface area (Å²) >= 11 is 5.55. The summed E-state index contributed by atoms with van der Waals surface area (Å²) in [6, 6.07) is 0.385. The zero-order valence-electron chi connectivity index (χ0n) is 14.6. The van der Waals surface area contributed by atoms with Crippen molar-refractivity contribution in [3.05, 3.63) is 10.6 Å². The van der Waals surface area contributed by atoms with Crippen molar-refractivity contribution in [2.75, 3.05) is 13.2 Å². The van der Waals surface area contributed by atoms with E-state index in [9.17, 15) is 5.11 Å². The number of rotatable bonds is 8. The zero-order valence-corrected chi connectivity index (χ0v) is 15.4. The maximum atomic E-state index is 9.51. The Labute approximate surface area is 144 Å². The van der Waals surface area contributed by atoms with Crippen LogP contribution in [-0.4, -0.2) is 49.7 Å². The van der Waals surface area contributed by atoms with Gasteiger partial charge >= 0.3 is 0 Å². The van der Waals surface area contributed by atoms with Gasteiger partial charge in [-0.3, -0.25) is 4.90 Å². The van der Waals surface area contributed by atoms with E-state index in [1.54, 1.807) is 0 Å². The molecule has 1 atom stereocenters. The van der Waals surface area contributed by atoms with Crippen LogP contribution in [0.2, 0.25) is 0 Å². The summed E-state index contributed by atoms with van der Waals surface area (Å²) in [7, 11) is 0. The molecule has 0 bridgehead atoms. The van der Waals surface area contributed by atoms with Crippen LogP contribution in [0.15, 0.2) is 0 Å². The Morgan fingerprint density at radius 3 is 2.78 bits per heavy atom. The zero-order chi connectivity index (χ0) is 16.8. The quantitative estimate of drug-likeness (QED) is 0.736. The van der Waals surface area contributed by atoms with Crippen LogP contribution in [0.3, 0.4) is 0 Å². The molecule has 2 heterocycles. The van der Waals surface area contributed by atoms with Crippen LogP contribution in [0, 0.1) is 4.77 Å². The Kier molecular flexibility index (Phi) is 7.20. The number of hydrogen-bond acceptors (Lipinski definition) is 5. The van der Waals surface area contributed by atoms with Crippen LogP contribution >= 0.6 is 12.2 Å². The maximum Gasteiger partial charge on any atom is 0.199 e. The van der Waals surface area contributed by atoms with Crippen molar-refractivity contribution in [3.63, 3.8) is 0 Å². The van der Waals surface area contributed by atoms with Crippen molar-refractivity contribution in [2.45, 2.75) is 78.4 Å². The molecule has 0 amide bonds. The van der Waals surface area contributed by atoms with E-state index in [1.165, 1.54) is 12.8 Å². The Morgan fingerprint density at radius 2 is 2.22 bits per heavy atom. The van der Waals surface area contributed by atoms with Crippen LogP contribution in [0.4, 0.5) is 0 Å². The smallest absolute Gasteiger partial charge is 0.199 e. The maximum absolute atomic E-state index is 9.51. The number of hydrogen-bond donors (Lipinski definition) is 1. The lowest BCUT2D eigenvalue weighted by Gasteiger charge is -2.32. The topological polar surface area (TPSA) is 55.5 Å². The number of aliphatic hydroxyl groups excluding tert-OH is 1. The molecule has 23 heavy (non-hydrogen) atoms. The van der Waals surface area contributed by atoms with Gasteiger partial charge < -0.3 is 14.4 Å². The molecule has 1 unspecified atom stereocenters. The average Bonchev–Trinajstić information content (AvgIpc) is 2.84. The van der Waals surface area contributed by atoms with E-state index in [1.807, 2.05) is 9.25 Å². The molecule has 1 aromatic rings. The van der Waals surface area contributed by atoms with Gasteiger partial charge in [-0.2, -0.15) is 5.10 Å². The second-order valence-electron chi connectivity index (χ2n) is 6.50. The van der Waals surface area contributed by atoms with E-state index in [0.717, 1.165) is 32.5 Å². The van der Waals surface area contributed by atoms with Crippen molar-refractivity contribution < 1.29 is 9.84 Å². The monoisotopic (exact) mass is 342 g/mol. The van der Waals surface area contributed by atoms with Crippen molar-refractivity contribution in [1.82, 2.24) is 19.2 Å². The molecular weight excluding hydrogens is 312 g/mol. The van der Waals surface area contributed by atoms with E-state index in [2.05, 4.69) is 30.8 Å². The highest BCUT2D eigenvalue weighted by atomic mass is 32.1. The van der Waals surface area contributed by atoms with Crippen molar-refractivity contribution in [3.8, 4) is 0 Å². The molecule has 0 saturated carbocycles. The fourth-order valence-corrected chi connectivity index (χ4v) is 3.26. The van der Waals surface area contributed by atoms with Crippen LogP contribution in [0.1, 0.15) is 52.3 Å². The highest BCUT2D eigenvalue weighted by molar-refractivity contribution is 7.71. The third-order valence-electron chi connectivity index (χ3n) is 4.35.